The minimum absolute atomic E-state index is 0.0497. The van der Waals surface area contributed by atoms with Gasteiger partial charge in [0.2, 0.25) is 0 Å². The number of aryl methyl sites for hydroxylation is 2. The van der Waals surface area contributed by atoms with Crippen molar-refractivity contribution in [2.75, 3.05) is 6.54 Å². The van der Waals surface area contributed by atoms with Crippen molar-refractivity contribution in [3.05, 3.63) is 76.1 Å². The summed E-state index contributed by atoms with van der Waals surface area (Å²) in [6, 6.07) is 11.2. The molecule has 0 aromatic heterocycles. The van der Waals surface area contributed by atoms with Gasteiger partial charge < -0.3 is 10.0 Å². The van der Waals surface area contributed by atoms with Gasteiger partial charge in [0.15, 0.2) is 0 Å². The number of ketones is 1. The smallest absolute Gasteiger partial charge is 0.295 e. The third kappa shape index (κ3) is 3.44. The fraction of sp³-hybridized carbons (Fsp3) is 0.304. The van der Waals surface area contributed by atoms with Crippen LogP contribution in [0.3, 0.4) is 0 Å². The summed E-state index contributed by atoms with van der Waals surface area (Å²) in [6.45, 7) is 5.97. The van der Waals surface area contributed by atoms with Crippen molar-refractivity contribution in [3.8, 4) is 0 Å². The van der Waals surface area contributed by atoms with E-state index in [-0.39, 0.29) is 11.3 Å². The first-order chi connectivity index (χ1) is 13.4. The number of likely N-dealkylation sites (tertiary alicyclic amines) is 1. The molecule has 1 fully saturated rings. The summed E-state index contributed by atoms with van der Waals surface area (Å²) >= 11 is 0. The van der Waals surface area contributed by atoms with Crippen LogP contribution in [-0.4, -0.2) is 28.2 Å². The molecule has 1 unspecified atom stereocenters. The predicted molar refractivity (Wildman–Crippen MR) is 106 cm³/mol. The van der Waals surface area contributed by atoms with Gasteiger partial charge in [-0.2, -0.15) is 0 Å². The molecule has 5 heteroatoms. The molecule has 1 N–H and O–H groups in total. The van der Waals surface area contributed by atoms with E-state index in [9.17, 15) is 19.1 Å². The van der Waals surface area contributed by atoms with E-state index in [2.05, 4.69) is 6.92 Å². The maximum absolute atomic E-state index is 13.6. The lowest BCUT2D eigenvalue weighted by Gasteiger charge is -2.25. The highest BCUT2D eigenvalue weighted by molar-refractivity contribution is 6.46. The molecule has 1 saturated heterocycles. The summed E-state index contributed by atoms with van der Waals surface area (Å²) in [7, 11) is 0. The fourth-order valence-corrected chi connectivity index (χ4v) is 3.58. The van der Waals surface area contributed by atoms with Crippen LogP contribution in [0, 0.1) is 12.7 Å². The van der Waals surface area contributed by atoms with E-state index in [1.54, 1.807) is 6.92 Å². The first-order valence-corrected chi connectivity index (χ1v) is 9.52. The third-order valence-electron chi connectivity index (χ3n) is 5.14. The Balaban J connectivity index is 2.17. The number of nitrogens with zero attached hydrogens (tertiary/aromatic N) is 1. The van der Waals surface area contributed by atoms with E-state index in [0.717, 1.165) is 17.5 Å². The molecule has 2 aromatic rings. The Kier molecular flexibility index (Phi) is 5.63. The Morgan fingerprint density at radius 1 is 1.11 bits per heavy atom. The first-order valence-electron chi connectivity index (χ1n) is 9.52. The van der Waals surface area contributed by atoms with Gasteiger partial charge in [-0.3, -0.25) is 9.59 Å². The number of carbonyl (C=O) groups excluding carboxylic acids is 2. The van der Waals surface area contributed by atoms with Gasteiger partial charge in [-0.05, 0) is 54.7 Å². The fourth-order valence-electron chi connectivity index (χ4n) is 3.58. The molecule has 0 aliphatic carbocycles. The van der Waals surface area contributed by atoms with E-state index < -0.39 is 23.5 Å². The third-order valence-corrected chi connectivity index (χ3v) is 5.14. The highest BCUT2D eigenvalue weighted by Crippen LogP contribution is 2.39. The zero-order valence-corrected chi connectivity index (χ0v) is 16.3. The van der Waals surface area contributed by atoms with Crippen molar-refractivity contribution in [1.82, 2.24) is 4.90 Å². The molecule has 0 saturated carbocycles. The molecule has 4 nitrogen and oxygen atoms in total. The Morgan fingerprint density at radius 3 is 2.36 bits per heavy atom. The van der Waals surface area contributed by atoms with Crippen LogP contribution in [0.25, 0.3) is 5.76 Å². The average molecular weight is 381 g/mol. The molecule has 1 aliphatic heterocycles. The molecule has 0 spiro atoms. The van der Waals surface area contributed by atoms with Crippen molar-refractivity contribution in [1.29, 1.82) is 0 Å². The van der Waals surface area contributed by atoms with Crippen LogP contribution < -0.4 is 0 Å². The van der Waals surface area contributed by atoms with Gasteiger partial charge in [0, 0.05) is 12.1 Å². The summed E-state index contributed by atoms with van der Waals surface area (Å²) in [5, 5.41) is 10.9. The van der Waals surface area contributed by atoms with Gasteiger partial charge in [-0.25, -0.2) is 4.39 Å². The average Bonchev–Trinajstić information content (AvgIpc) is 2.95. The molecule has 0 bridgehead atoms. The monoisotopic (exact) mass is 381 g/mol. The number of rotatable bonds is 5. The van der Waals surface area contributed by atoms with Crippen molar-refractivity contribution in [3.63, 3.8) is 0 Å². The molecule has 3 rings (SSSR count). The van der Waals surface area contributed by atoms with Gasteiger partial charge in [0.05, 0.1) is 11.6 Å². The molecule has 1 aliphatic rings. The summed E-state index contributed by atoms with van der Waals surface area (Å²) < 4.78 is 13.6. The van der Waals surface area contributed by atoms with Crippen LogP contribution in [0.4, 0.5) is 4.39 Å². The van der Waals surface area contributed by atoms with Crippen molar-refractivity contribution in [2.24, 2.45) is 0 Å². The number of benzene rings is 2. The van der Waals surface area contributed by atoms with E-state index in [1.165, 1.54) is 23.1 Å². The van der Waals surface area contributed by atoms with E-state index in [1.807, 2.05) is 31.2 Å². The number of aliphatic hydroxyl groups excluding tert-OH is 1. The highest BCUT2D eigenvalue weighted by Gasteiger charge is 2.45. The van der Waals surface area contributed by atoms with Crippen LogP contribution in [0.2, 0.25) is 0 Å². The number of halogens is 1. The van der Waals surface area contributed by atoms with Crippen molar-refractivity contribution >= 4 is 17.4 Å². The lowest BCUT2D eigenvalue weighted by molar-refractivity contribution is -0.139. The van der Waals surface area contributed by atoms with E-state index >= 15 is 0 Å². The maximum atomic E-state index is 13.6. The van der Waals surface area contributed by atoms with Gasteiger partial charge in [0.25, 0.3) is 11.7 Å². The normalized spacial score (nSPS) is 18.7. The number of carbonyl (C=O) groups is 2. The Bertz CT molecular complexity index is 947. The van der Waals surface area contributed by atoms with E-state index in [4.69, 9.17) is 0 Å². The number of aliphatic hydroxyl groups is 1. The van der Waals surface area contributed by atoms with Gasteiger partial charge in [-0.15, -0.1) is 0 Å². The second-order valence-corrected chi connectivity index (χ2v) is 7.05. The van der Waals surface area contributed by atoms with Crippen LogP contribution in [0.1, 0.15) is 48.6 Å². The largest absolute Gasteiger partial charge is 0.507 e. The molecule has 28 heavy (non-hydrogen) atoms. The topological polar surface area (TPSA) is 57.6 Å². The molecule has 146 valence electrons. The first kappa shape index (κ1) is 19.8. The zero-order valence-electron chi connectivity index (χ0n) is 16.3. The minimum atomic E-state index is -0.711. The van der Waals surface area contributed by atoms with Gasteiger partial charge >= 0.3 is 0 Å². The number of hydrogen-bond acceptors (Lipinski definition) is 3. The second kappa shape index (κ2) is 7.97. The Labute approximate surface area is 164 Å². The lowest BCUT2D eigenvalue weighted by atomic mass is 9.94. The Morgan fingerprint density at radius 2 is 1.79 bits per heavy atom. The van der Waals surface area contributed by atoms with Crippen LogP contribution in [0.5, 0.6) is 0 Å². The van der Waals surface area contributed by atoms with Crippen molar-refractivity contribution in [2.45, 2.75) is 39.7 Å². The van der Waals surface area contributed by atoms with Gasteiger partial charge in [-0.1, -0.05) is 38.1 Å². The standard InChI is InChI=1S/C23H24FNO3/c1-4-12-25-20(16-8-6-15(5-2)7-9-16)19(22(27)23(25)28)21(26)17-10-11-18(24)14(3)13-17/h6-11,13,20,26H,4-5,12H2,1-3H3/b21-19-. The summed E-state index contributed by atoms with van der Waals surface area (Å²) in [4.78, 5) is 26.9. The van der Waals surface area contributed by atoms with Crippen LogP contribution >= 0.6 is 0 Å². The van der Waals surface area contributed by atoms with Crippen molar-refractivity contribution < 1.29 is 19.1 Å². The number of Topliss-reactive ketones (excluding diaryl/α,β-unsaturated/α-hetero) is 1. The maximum Gasteiger partial charge on any atom is 0.295 e. The van der Waals surface area contributed by atoms with Crippen LogP contribution in [-0.2, 0) is 16.0 Å². The minimum Gasteiger partial charge on any atom is -0.507 e. The number of amides is 1. The predicted octanol–water partition coefficient (Wildman–Crippen LogP) is 4.53. The second-order valence-electron chi connectivity index (χ2n) is 7.05. The zero-order chi connectivity index (χ0) is 20.4. The molecule has 1 amide bonds. The lowest BCUT2D eigenvalue weighted by Crippen LogP contribution is -2.30. The Hall–Kier alpha value is -2.95. The summed E-state index contributed by atoms with van der Waals surface area (Å²) in [5.74, 6) is -2.00. The number of hydrogen-bond donors (Lipinski definition) is 1. The van der Waals surface area contributed by atoms with Crippen LogP contribution in [0.15, 0.2) is 48.0 Å². The van der Waals surface area contributed by atoms with Gasteiger partial charge in [0.1, 0.15) is 11.6 Å². The molecule has 1 atom stereocenters. The SMILES string of the molecule is CCCN1C(=O)C(=O)/C(=C(\O)c2ccc(F)c(C)c2)C1c1ccc(CC)cc1. The molecular formula is C23H24FNO3. The summed E-state index contributed by atoms with van der Waals surface area (Å²) in [5.41, 5.74) is 2.64. The summed E-state index contributed by atoms with van der Waals surface area (Å²) in [6.07, 6.45) is 1.57. The highest BCUT2D eigenvalue weighted by atomic mass is 19.1. The molecule has 2 aromatic carbocycles. The van der Waals surface area contributed by atoms with E-state index in [0.29, 0.717) is 24.1 Å². The quantitative estimate of drug-likeness (QED) is 0.470. The molecular weight excluding hydrogens is 357 g/mol. The molecule has 0 radical (unpaired) electrons. The molecule has 1 heterocycles.